The summed E-state index contributed by atoms with van der Waals surface area (Å²) in [7, 11) is 0. The lowest BCUT2D eigenvalue weighted by atomic mass is 9.95. The Hall–Kier alpha value is -3.76. The van der Waals surface area contributed by atoms with Crippen molar-refractivity contribution in [2.75, 3.05) is 46.0 Å². The van der Waals surface area contributed by atoms with E-state index in [4.69, 9.17) is 9.47 Å². The zero-order chi connectivity index (χ0) is 25.7. The van der Waals surface area contributed by atoms with Crippen LogP contribution in [0, 0.1) is 10.1 Å². The van der Waals surface area contributed by atoms with Gasteiger partial charge in [-0.2, -0.15) is 0 Å². The van der Waals surface area contributed by atoms with Crippen LogP contribution < -0.4 is 14.7 Å². The number of nitro benzene ring substituents is 1. The van der Waals surface area contributed by atoms with Crippen LogP contribution in [0.25, 0.3) is 5.76 Å². The lowest BCUT2D eigenvalue weighted by Crippen LogP contribution is -3.14. The number of rotatable bonds is 9. The van der Waals surface area contributed by atoms with Crippen LogP contribution in [0.15, 0.2) is 54.1 Å². The first-order valence-corrected chi connectivity index (χ1v) is 12.1. The third kappa shape index (κ3) is 5.39. The van der Waals surface area contributed by atoms with E-state index in [1.165, 1.54) is 28.0 Å². The highest BCUT2D eigenvalue weighted by atomic mass is 16.6. The molecule has 4 rings (SSSR count). The lowest BCUT2D eigenvalue weighted by molar-refractivity contribution is -0.907. The number of ketones is 1. The van der Waals surface area contributed by atoms with Crippen molar-refractivity contribution >= 4 is 23.1 Å². The van der Waals surface area contributed by atoms with Crippen molar-refractivity contribution < 1.29 is 34.0 Å². The average Bonchev–Trinajstić information content (AvgIpc) is 3.16. The van der Waals surface area contributed by atoms with E-state index in [1.807, 2.05) is 6.92 Å². The number of nitro groups is 1. The highest BCUT2D eigenvalue weighted by Gasteiger charge is 2.44. The number of Topliss-reactive ketones (excluding diaryl/α,β-unsaturated/α-hetero) is 1. The van der Waals surface area contributed by atoms with Gasteiger partial charge in [-0.3, -0.25) is 19.7 Å². The Morgan fingerprint density at radius 3 is 2.56 bits per heavy atom. The monoisotopic (exact) mass is 495 g/mol. The minimum Gasteiger partial charge on any atom is -0.872 e. The number of amides is 1. The van der Waals surface area contributed by atoms with Crippen LogP contribution in [-0.2, 0) is 14.3 Å². The number of carbonyl (C=O) groups is 2. The smallest absolute Gasteiger partial charge is 0.295 e. The van der Waals surface area contributed by atoms with Gasteiger partial charge in [0.25, 0.3) is 11.6 Å². The van der Waals surface area contributed by atoms with E-state index in [0.717, 1.165) is 19.5 Å². The van der Waals surface area contributed by atoms with E-state index in [-0.39, 0.29) is 23.4 Å². The molecular formula is C26H29N3O7. The lowest BCUT2D eigenvalue weighted by Gasteiger charge is -2.30. The number of nitrogens with one attached hydrogen (secondary N) is 1. The predicted molar refractivity (Wildman–Crippen MR) is 128 cm³/mol. The van der Waals surface area contributed by atoms with Crippen LogP contribution in [0.3, 0.4) is 0 Å². The maximum atomic E-state index is 13.5. The summed E-state index contributed by atoms with van der Waals surface area (Å²) in [5.74, 6) is -1.63. The number of morpholine rings is 1. The number of quaternary nitrogens is 1. The Bertz CT molecular complexity index is 1160. The summed E-state index contributed by atoms with van der Waals surface area (Å²) < 4.78 is 10.9. The van der Waals surface area contributed by atoms with Crippen molar-refractivity contribution in [2.24, 2.45) is 0 Å². The molecule has 2 aliphatic rings. The Labute approximate surface area is 208 Å². The molecule has 36 heavy (non-hydrogen) atoms. The topological polar surface area (TPSA) is 126 Å². The number of non-ortho nitro benzene ring substituents is 1. The van der Waals surface area contributed by atoms with Gasteiger partial charge in [0.15, 0.2) is 0 Å². The normalized spacial score (nSPS) is 20.0. The molecule has 0 bridgehead atoms. The fraction of sp³-hybridized carbons (Fsp3) is 0.385. The quantitative estimate of drug-likeness (QED) is 0.177. The number of carbonyl (C=O) groups excluding carboxylic acids is 2. The molecule has 2 aliphatic heterocycles. The third-order valence-electron chi connectivity index (χ3n) is 6.42. The number of ether oxygens (including phenoxy) is 2. The van der Waals surface area contributed by atoms with E-state index in [0.29, 0.717) is 37.7 Å². The molecule has 0 radical (unpaired) electrons. The molecule has 0 aromatic heterocycles. The minimum atomic E-state index is -1.01. The van der Waals surface area contributed by atoms with E-state index < -0.39 is 28.4 Å². The SMILES string of the molecule is CCCOc1ccc(/C([O-])=C2\C(=O)C(=O)N(CC[NH+]3CCOCC3)C2c2cccc([N+](=O)[O-])c2)cc1. The van der Waals surface area contributed by atoms with E-state index in [9.17, 15) is 24.8 Å². The molecular weight excluding hydrogens is 466 g/mol. The zero-order valence-electron chi connectivity index (χ0n) is 20.1. The fourth-order valence-corrected chi connectivity index (χ4v) is 4.52. The van der Waals surface area contributed by atoms with E-state index >= 15 is 0 Å². The summed E-state index contributed by atoms with van der Waals surface area (Å²) in [6.07, 6.45) is 0.835. The maximum Gasteiger partial charge on any atom is 0.295 e. The Morgan fingerprint density at radius 2 is 1.89 bits per heavy atom. The van der Waals surface area contributed by atoms with Crippen molar-refractivity contribution in [3.05, 3.63) is 75.3 Å². The van der Waals surface area contributed by atoms with Gasteiger partial charge in [0.2, 0.25) is 5.78 Å². The molecule has 0 saturated carbocycles. The molecule has 1 N–H and O–H groups in total. The zero-order valence-corrected chi connectivity index (χ0v) is 20.1. The van der Waals surface area contributed by atoms with Gasteiger partial charge in [-0.05, 0) is 29.7 Å². The number of hydrogen-bond donors (Lipinski definition) is 1. The van der Waals surface area contributed by atoms with Crippen LogP contribution in [0.5, 0.6) is 5.75 Å². The van der Waals surface area contributed by atoms with Crippen LogP contribution in [0.4, 0.5) is 5.69 Å². The largest absolute Gasteiger partial charge is 0.872 e. The highest BCUT2D eigenvalue weighted by molar-refractivity contribution is 6.46. The molecule has 1 atom stereocenters. The van der Waals surface area contributed by atoms with Gasteiger partial charge in [0.05, 0.1) is 43.9 Å². The first-order chi connectivity index (χ1) is 17.4. The second-order valence-electron chi connectivity index (χ2n) is 8.81. The molecule has 10 nitrogen and oxygen atoms in total. The van der Waals surface area contributed by atoms with Gasteiger partial charge in [0, 0.05) is 17.7 Å². The number of nitrogens with zero attached hydrogens (tertiary/aromatic N) is 2. The van der Waals surface area contributed by atoms with Crippen molar-refractivity contribution in [3.8, 4) is 5.75 Å². The molecule has 2 fully saturated rings. The summed E-state index contributed by atoms with van der Waals surface area (Å²) in [6, 6.07) is 11.2. The molecule has 2 saturated heterocycles. The first-order valence-electron chi connectivity index (χ1n) is 12.1. The molecule has 1 amide bonds. The van der Waals surface area contributed by atoms with E-state index in [1.54, 1.807) is 30.3 Å². The minimum absolute atomic E-state index is 0.178. The van der Waals surface area contributed by atoms with Gasteiger partial charge in [-0.25, -0.2) is 0 Å². The second kappa shape index (κ2) is 11.3. The van der Waals surface area contributed by atoms with Crippen molar-refractivity contribution in [1.29, 1.82) is 0 Å². The van der Waals surface area contributed by atoms with Crippen molar-refractivity contribution in [1.82, 2.24) is 4.90 Å². The van der Waals surface area contributed by atoms with Gasteiger partial charge in [0.1, 0.15) is 18.8 Å². The molecule has 10 heteroatoms. The Balaban J connectivity index is 1.72. The number of likely N-dealkylation sites (tertiary alicyclic amines) is 1. The summed E-state index contributed by atoms with van der Waals surface area (Å²) in [4.78, 5) is 39.7. The van der Waals surface area contributed by atoms with Crippen LogP contribution >= 0.6 is 0 Å². The van der Waals surface area contributed by atoms with E-state index in [2.05, 4.69) is 0 Å². The first kappa shape index (κ1) is 25.3. The third-order valence-corrected chi connectivity index (χ3v) is 6.42. The fourth-order valence-electron chi connectivity index (χ4n) is 4.52. The highest BCUT2D eigenvalue weighted by Crippen LogP contribution is 2.39. The van der Waals surface area contributed by atoms with Gasteiger partial charge in [-0.1, -0.05) is 36.9 Å². The van der Waals surface area contributed by atoms with Gasteiger partial charge >= 0.3 is 0 Å². The maximum absolute atomic E-state index is 13.5. The van der Waals surface area contributed by atoms with Crippen LogP contribution in [0.2, 0.25) is 0 Å². The second-order valence-corrected chi connectivity index (χ2v) is 8.81. The number of hydrogen-bond acceptors (Lipinski definition) is 7. The van der Waals surface area contributed by atoms with Crippen molar-refractivity contribution in [3.63, 3.8) is 0 Å². The van der Waals surface area contributed by atoms with Crippen LogP contribution in [-0.4, -0.2) is 67.5 Å². The molecule has 190 valence electrons. The molecule has 2 heterocycles. The summed E-state index contributed by atoms with van der Waals surface area (Å²) in [6.45, 7) is 6.10. The molecule has 2 aromatic rings. The summed E-state index contributed by atoms with van der Waals surface area (Å²) in [5, 5.41) is 25.0. The predicted octanol–water partition coefficient (Wildman–Crippen LogP) is 0.523. The number of benzene rings is 2. The molecule has 0 spiro atoms. The Morgan fingerprint density at radius 1 is 1.17 bits per heavy atom. The average molecular weight is 496 g/mol. The summed E-state index contributed by atoms with van der Waals surface area (Å²) >= 11 is 0. The van der Waals surface area contributed by atoms with Crippen LogP contribution in [0.1, 0.15) is 30.5 Å². The van der Waals surface area contributed by atoms with Gasteiger partial charge in [-0.15, -0.1) is 0 Å². The molecule has 2 aromatic carbocycles. The Kier molecular flexibility index (Phi) is 7.97. The van der Waals surface area contributed by atoms with Crippen molar-refractivity contribution in [2.45, 2.75) is 19.4 Å². The standard InChI is InChI=1S/C26H29N3O7/c1-2-14-36-21-8-6-18(7-9-21)24(30)22-23(19-4-3-5-20(17-19)29(33)34)28(26(32)25(22)31)11-10-27-12-15-35-16-13-27/h3-9,17,23,30H,2,10-16H2,1H3/b24-22+. The van der Waals surface area contributed by atoms with Gasteiger partial charge < -0.3 is 24.4 Å². The molecule has 1 unspecified atom stereocenters. The molecule has 0 aliphatic carbocycles. The summed E-state index contributed by atoms with van der Waals surface area (Å²) in [5.41, 5.74) is 0.222.